The molecule has 0 fully saturated rings. The predicted octanol–water partition coefficient (Wildman–Crippen LogP) is 1.72. The molecule has 2 heteroatoms. The molecule has 0 aromatic rings. The van der Waals surface area contributed by atoms with Gasteiger partial charge in [0.25, 0.3) is 0 Å². The minimum atomic E-state index is -0.253. The Balaban J connectivity index is 3.59. The van der Waals surface area contributed by atoms with Gasteiger partial charge in [-0.3, -0.25) is 0 Å². The summed E-state index contributed by atoms with van der Waals surface area (Å²) in [5.41, 5.74) is -0.253. The van der Waals surface area contributed by atoms with Gasteiger partial charge in [0.05, 0.1) is 0 Å². The highest BCUT2D eigenvalue weighted by molar-refractivity contribution is 4.78. The molecule has 0 aliphatic carbocycles. The van der Waals surface area contributed by atoms with E-state index in [9.17, 15) is 0 Å². The standard InChI is InChI=1S/C7H13NO/c1-5-9-7(2,3)6-8-4/h5-6H2,1-3H3. The first kappa shape index (κ1) is 8.45. The molecule has 0 atom stereocenters. The molecule has 0 aromatic carbocycles. The lowest BCUT2D eigenvalue weighted by molar-refractivity contribution is 0.00309. The van der Waals surface area contributed by atoms with E-state index in [2.05, 4.69) is 4.85 Å². The topological polar surface area (TPSA) is 13.6 Å². The Labute approximate surface area is 56.6 Å². The van der Waals surface area contributed by atoms with Gasteiger partial charge in [-0.05, 0) is 20.8 Å². The van der Waals surface area contributed by atoms with Crippen LogP contribution in [0, 0.1) is 6.57 Å². The summed E-state index contributed by atoms with van der Waals surface area (Å²) in [4.78, 5) is 3.25. The van der Waals surface area contributed by atoms with Crippen LogP contribution in [0.15, 0.2) is 0 Å². The summed E-state index contributed by atoms with van der Waals surface area (Å²) in [6, 6.07) is 0. The predicted molar refractivity (Wildman–Crippen MR) is 37.2 cm³/mol. The maximum Gasteiger partial charge on any atom is 0.242 e. The summed E-state index contributed by atoms with van der Waals surface area (Å²) < 4.78 is 5.26. The fourth-order valence-electron chi connectivity index (χ4n) is 0.627. The lowest BCUT2D eigenvalue weighted by atomic mass is 10.1. The summed E-state index contributed by atoms with van der Waals surface area (Å²) in [6.45, 7) is 13.5. The average Bonchev–Trinajstić information content (AvgIpc) is 1.64. The lowest BCUT2D eigenvalue weighted by Gasteiger charge is -2.17. The van der Waals surface area contributed by atoms with Gasteiger partial charge >= 0.3 is 0 Å². The monoisotopic (exact) mass is 127 g/mol. The average molecular weight is 127 g/mol. The Hall–Kier alpha value is -0.550. The molecule has 9 heavy (non-hydrogen) atoms. The van der Waals surface area contributed by atoms with Crippen LogP contribution in [0.3, 0.4) is 0 Å². The summed E-state index contributed by atoms with van der Waals surface area (Å²) in [7, 11) is 0. The highest BCUT2D eigenvalue weighted by Crippen LogP contribution is 2.08. The molecule has 0 aliphatic heterocycles. The van der Waals surface area contributed by atoms with E-state index in [1.165, 1.54) is 0 Å². The third kappa shape index (κ3) is 3.99. The Morgan fingerprint density at radius 3 is 2.44 bits per heavy atom. The van der Waals surface area contributed by atoms with Gasteiger partial charge in [-0.15, -0.1) is 0 Å². The van der Waals surface area contributed by atoms with Gasteiger partial charge in [0.2, 0.25) is 6.54 Å². The zero-order chi connectivity index (χ0) is 7.33. The van der Waals surface area contributed by atoms with Crippen LogP contribution in [0.25, 0.3) is 4.85 Å². The number of hydrogen-bond acceptors (Lipinski definition) is 1. The van der Waals surface area contributed by atoms with Crippen molar-refractivity contribution < 1.29 is 4.74 Å². The van der Waals surface area contributed by atoms with Crippen molar-refractivity contribution in [3.8, 4) is 0 Å². The van der Waals surface area contributed by atoms with Crippen molar-refractivity contribution in [2.75, 3.05) is 13.2 Å². The van der Waals surface area contributed by atoms with Crippen LogP contribution in [0.2, 0.25) is 0 Å². The van der Waals surface area contributed by atoms with Crippen LogP contribution in [0.5, 0.6) is 0 Å². The fraction of sp³-hybridized carbons (Fsp3) is 0.857. The summed E-state index contributed by atoms with van der Waals surface area (Å²) >= 11 is 0. The number of rotatable bonds is 3. The molecule has 0 saturated heterocycles. The van der Waals surface area contributed by atoms with Gasteiger partial charge in [0.15, 0.2) is 0 Å². The minimum Gasteiger partial charge on any atom is -0.368 e. The SMILES string of the molecule is [C-]#[N+]CC(C)(C)OCC. The molecule has 0 aromatic heterocycles. The Morgan fingerprint density at radius 1 is 1.56 bits per heavy atom. The van der Waals surface area contributed by atoms with Crippen molar-refractivity contribution in [1.82, 2.24) is 0 Å². The number of nitrogens with zero attached hydrogens (tertiary/aromatic N) is 1. The zero-order valence-corrected chi connectivity index (χ0v) is 6.27. The van der Waals surface area contributed by atoms with Crippen molar-refractivity contribution in [1.29, 1.82) is 0 Å². The highest BCUT2D eigenvalue weighted by Gasteiger charge is 2.20. The van der Waals surface area contributed by atoms with Gasteiger partial charge in [-0.1, -0.05) is 0 Å². The molecule has 0 saturated carbocycles. The minimum absolute atomic E-state index is 0.253. The largest absolute Gasteiger partial charge is 0.368 e. The molecule has 0 bridgehead atoms. The molecule has 0 rings (SSSR count). The first-order chi connectivity index (χ1) is 4.12. The van der Waals surface area contributed by atoms with Crippen LogP contribution >= 0.6 is 0 Å². The summed E-state index contributed by atoms with van der Waals surface area (Å²) in [6.07, 6.45) is 0. The van der Waals surface area contributed by atoms with Gasteiger partial charge in [0.1, 0.15) is 5.60 Å². The van der Waals surface area contributed by atoms with Gasteiger partial charge in [-0.2, -0.15) is 0 Å². The van der Waals surface area contributed by atoms with Crippen LogP contribution in [-0.2, 0) is 4.74 Å². The van der Waals surface area contributed by atoms with Gasteiger partial charge < -0.3 is 9.58 Å². The van der Waals surface area contributed by atoms with Crippen LogP contribution in [0.4, 0.5) is 0 Å². The van der Waals surface area contributed by atoms with E-state index >= 15 is 0 Å². The molecule has 0 heterocycles. The molecule has 52 valence electrons. The van der Waals surface area contributed by atoms with Crippen molar-refractivity contribution in [2.24, 2.45) is 0 Å². The van der Waals surface area contributed by atoms with E-state index in [-0.39, 0.29) is 5.60 Å². The van der Waals surface area contributed by atoms with E-state index in [0.29, 0.717) is 13.2 Å². The number of ether oxygens (including phenoxy) is 1. The normalized spacial score (nSPS) is 10.9. The summed E-state index contributed by atoms with van der Waals surface area (Å²) in [5.74, 6) is 0. The van der Waals surface area contributed by atoms with E-state index in [1.54, 1.807) is 0 Å². The molecule has 0 unspecified atom stereocenters. The third-order valence-electron chi connectivity index (χ3n) is 0.995. The van der Waals surface area contributed by atoms with E-state index < -0.39 is 0 Å². The molecular formula is C7H13NO. The smallest absolute Gasteiger partial charge is 0.242 e. The second kappa shape index (κ2) is 3.47. The number of hydrogen-bond donors (Lipinski definition) is 0. The first-order valence-corrected chi connectivity index (χ1v) is 3.09. The lowest BCUT2D eigenvalue weighted by Crippen LogP contribution is -2.27. The second-order valence-corrected chi connectivity index (χ2v) is 2.51. The van der Waals surface area contributed by atoms with E-state index in [1.807, 2.05) is 20.8 Å². The molecule has 0 amide bonds. The van der Waals surface area contributed by atoms with Gasteiger partial charge in [-0.25, -0.2) is 6.57 Å². The maximum atomic E-state index is 6.58. The molecular weight excluding hydrogens is 114 g/mol. The molecule has 2 nitrogen and oxygen atoms in total. The van der Waals surface area contributed by atoms with Crippen molar-refractivity contribution in [3.05, 3.63) is 11.4 Å². The maximum absolute atomic E-state index is 6.58. The van der Waals surface area contributed by atoms with Crippen molar-refractivity contribution in [3.63, 3.8) is 0 Å². The second-order valence-electron chi connectivity index (χ2n) is 2.51. The Bertz CT molecular complexity index is 113. The van der Waals surface area contributed by atoms with Crippen LogP contribution in [0.1, 0.15) is 20.8 Å². The van der Waals surface area contributed by atoms with E-state index in [4.69, 9.17) is 11.3 Å². The van der Waals surface area contributed by atoms with E-state index in [0.717, 1.165) is 0 Å². The molecule has 0 spiro atoms. The first-order valence-electron chi connectivity index (χ1n) is 3.09. The van der Waals surface area contributed by atoms with Crippen LogP contribution in [-0.4, -0.2) is 18.8 Å². The Kier molecular flexibility index (Phi) is 3.26. The highest BCUT2D eigenvalue weighted by atomic mass is 16.5. The zero-order valence-electron chi connectivity index (χ0n) is 6.27. The molecule has 0 radical (unpaired) electrons. The Morgan fingerprint density at radius 2 is 2.11 bits per heavy atom. The summed E-state index contributed by atoms with van der Waals surface area (Å²) in [5, 5.41) is 0. The third-order valence-corrected chi connectivity index (χ3v) is 0.995. The van der Waals surface area contributed by atoms with Crippen LogP contribution < -0.4 is 0 Å². The van der Waals surface area contributed by atoms with Crippen molar-refractivity contribution >= 4 is 0 Å². The van der Waals surface area contributed by atoms with Crippen molar-refractivity contribution in [2.45, 2.75) is 26.4 Å². The molecule has 0 aliphatic rings. The molecule has 0 N–H and O–H groups in total. The quantitative estimate of drug-likeness (QED) is 0.526. The van der Waals surface area contributed by atoms with Gasteiger partial charge in [0, 0.05) is 6.61 Å². The fourth-order valence-corrected chi connectivity index (χ4v) is 0.627.